The number of hydrogen-bond donors (Lipinski definition) is 0. The van der Waals surface area contributed by atoms with E-state index >= 15 is 0 Å². The van der Waals surface area contributed by atoms with Crippen LogP contribution in [0.25, 0.3) is 0 Å². The number of methoxy groups -OCH3 is 2. The Morgan fingerprint density at radius 2 is 1.94 bits per heavy atom. The van der Waals surface area contributed by atoms with Crippen LogP contribution in [0.15, 0.2) is 45.6 Å². The van der Waals surface area contributed by atoms with E-state index < -0.39 is 12.0 Å². The molecule has 0 bridgehead atoms. The van der Waals surface area contributed by atoms with Gasteiger partial charge in [-0.2, -0.15) is 0 Å². The number of aliphatic imine (C=N–C) groups is 1. The number of amides is 1. The molecular formula is C24H29N3O5S. The summed E-state index contributed by atoms with van der Waals surface area (Å²) in [4.78, 5) is 34.7. The smallest absolute Gasteiger partial charge is 0.338 e. The van der Waals surface area contributed by atoms with Crippen LogP contribution in [-0.2, 0) is 14.3 Å². The molecule has 0 aromatic heterocycles. The van der Waals surface area contributed by atoms with E-state index in [9.17, 15) is 9.59 Å². The molecule has 1 aromatic carbocycles. The predicted molar refractivity (Wildman–Crippen MR) is 127 cm³/mol. The fourth-order valence-corrected chi connectivity index (χ4v) is 5.46. The minimum Gasteiger partial charge on any atom is -0.493 e. The SMILES string of the molecule is CCOC(=O)C1=C(C)N=C2SC=C(CC(=O)N3CCCC3)N2[C@H]1c1cccc(OC)c1OC. The van der Waals surface area contributed by atoms with E-state index in [2.05, 4.69) is 0 Å². The number of carbonyl (C=O) groups is 2. The summed E-state index contributed by atoms with van der Waals surface area (Å²) in [5.41, 5.74) is 2.56. The first-order valence-corrected chi connectivity index (χ1v) is 12.0. The molecule has 176 valence electrons. The number of amidine groups is 1. The molecule has 0 aliphatic carbocycles. The second kappa shape index (κ2) is 9.91. The molecule has 9 heteroatoms. The molecule has 33 heavy (non-hydrogen) atoms. The molecule has 1 amide bonds. The zero-order valence-electron chi connectivity index (χ0n) is 19.4. The molecule has 1 fully saturated rings. The lowest BCUT2D eigenvalue weighted by Crippen LogP contribution is -2.38. The maximum absolute atomic E-state index is 13.1. The molecule has 1 atom stereocenters. The lowest BCUT2D eigenvalue weighted by Gasteiger charge is -2.37. The van der Waals surface area contributed by atoms with Crippen molar-refractivity contribution in [2.45, 2.75) is 39.2 Å². The van der Waals surface area contributed by atoms with Crippen molar-refractivity contribution in [1.29, 1.82) is 0 Å². The minimum atomic E-state index is -0.561. The van der Waals surface area contributed by atoms with Crippen LogP contribution in [-0.4, -0.2) is 60.8 Å². The molecule has 0 spiro atoms. The Labute approximate surface area is 198 Å². The second-order valence-electron chi connectivity index (χ2n) is 7.96. The van der Waals surface area contributed by atoms with Crippen LogP contribution in [0.5, 0.6) is 11.5 Å². The second-order valence-corrected chi connectivity index (χ2v) is 8.80. The van der Waals surface area contributed by atoms with Gasteiger partial charge in [0.05, 0.1) is 44.6 Å². The first-order valence-electron chi connectivity index (χ1n) is 11.1. The summed E-state index contributed by atoms with van der Waals surface area (Å²) in [6.45, 7) is 5.42. The molecule has 0 radical (unpaired) electrons. The van der Waals surface area contributed by atoms with Crippen molar-refractivity contribution in [2.75, 3.05) is 33.9 Å². The monoisotopic (exact) mass is 471 g/mol. The van der Waals surface area contributed by atoms with Crippen molar-refractivity contribution in [3.05, 3.63) is 46.1 Å². The normalized spacial score (nSPS) is 19.8. The number of rotatable bonds is 7. The highest BCUT2D eigenvalue weighted by Gasteiger charge is 2.43. The first-order chi connectivity index (χ1) is 16.0. The van der Waals surface area contributed by atoms with Crippen molar-refractivity contribution in [1.82, 2.24) is 9.80 Å². The number of para-hydroxylation sites is 1. The highest BCUT2D eigenvalue weighted by Crippen LogP contribution is 2.48. The Morgan fingerprint density at radius 3 is 2.61 bits per heavy atom. The Morgan fingerprint density at radius 1 is 1.18 bits per heavy atom. The third kappa shape index (κ3) is 4.34. The van der Waals surface area contributed by atoms with E-state index in [4.69, 9.17) is 19.2 Å². The summed E-state index contributed by atoms with van der Waals surface area (Å²) >= 11 is 1.46. The third-order valence-electron chi connectivity index (χ3n) is 6.02. The number of thioether (sulfide) groups is 1. The zero-order chi connectivity index (χ0) is 23.5. The molecular weight excluding hydrogens is 442 g/mol. The standard InChI is InChI=1S/C24H29N3O5S/c1-5-32-23(29)20-15(2)25-24-27(16(14-33-24)13-19(28)26-11-6-7-12-26)21(20)17-9-8-10-18(30-3)22(17)31-4/h8-10,14,21H,5-7,11-13H2,1-4H3/t21-/m0/s1. The summed E-state index contributed by atoms with van der Waals surface area (Å²) in [6, 6.07) is 5.02. The van der Waals surface area contributed by atoms with Crippen LogP contribution in [0.3, 0.4) is 0 Å². The Balaban J connectivity index is 1.79. The average molecular weight is 472 g/mol. The van der Waals surface area contributed by atoms with E-state index in [1.54, 1.807) is 21.1 Å². The number of benzene rings is 1. The van der Waals surface area contributed by atoms with Crippen molar-refractivity contribution in [3.63, 3.8) is 0 Å². The van der Waals surface area contributed by atoms with Gasteiger partial charge in [-0.05, 0) is 38.2 Å². The molecule has 1 saturated heterocycles. The number of ether oxygens (including phenoxy) is 3. The Hall–Kier alpha value is -2.94. The lowest BCUT2D eigenvalue weighted by atomic mass is 9.92. The van der Waals surface area contributed by atoms with Gasteiger partial charge in [0, 0.05) is 24.4 Å². The topological polar surface area (TPSA) is 80.7 Å². The van der Waals surface area contributed by atoms with E-state index in [1.165, 1.54) is 11.8 Å². The number of hydrogen-bond acceptors (Lipinski definition) is 8. The maximum atomic E-state index is 13.1. The Bertz CT molecular complexity index is 1040. The van der Waals surface area contributed by atoms with Crippen LogP contribution in [0.2, 0.25) is 0 Å². The number of nitrogens with zero attached hydrogens (tertiary/aromatic N) is 3. The highest BCUT2D eigenvalue weighted by molar-refractivity contribution is 8.16. The number of allylic oxidation sites excluding steroid dienone is 1. The summed E-state index contributed by atoms with van der Waals surface area (Å²) in [6.07, 6.45) is 2.31. The van der Waals surface area contributed by atoms with Gasteiger partial charge in [-0.3, -0.25) is 4.79 Å². The van der Waals surface area contributed by atoms with Crippen molar-refractivity contribution >= 4 is 28.8 Å². The van der Waals surface area contributed by atoms with Crippen molar-refractivity contribution < 1.29 is 23.8 Å². The maximum Gasteiger partial charge on any atom is 0.338 e. The van der Waals surface area contributed by atoms with Gasteiger partial charge in [0.15, 0.2) is 16.7 Å². The van der Waals surface area contributed by atoms with Gasteiger partial charge < -0.3 is 24.0 Å². The van der Waals surface area contributed by atoms with E-state index in [0.29, 0.717) is 22.8 Å². The summed E-state index contributed by atoms with van der Waals surface area (Å²) in [5, 5.41) is 2.67. The summed E-state index contributed by atoms with van der Waals surface area (Å²) < 4.78 is 16.7. The molecule has 3 aliphatic heterocycles. The molecule has 3 heterocycles. The fourth-order valence-electron chi connectivity index (χ4n) is 4.49. The molecule has 0 unspecified atom stereocenters. The fraction of sp³-hybridized carbons (Fsp3) is 0.458. The van der Waals surface area contributed by atoms with Gasteiger partial charge in [0.1, 0.15) is 0 Å². The van der Waals surface area contributed by atoms with E-state index in [0.717, 1.165) is 42.4 Å². The highest BCUT2D eigenvalue weighted by atomic mass is 32.2. The number of carbonyl (C=O) groups excluding carboxylic acids is 2. The van der Waals surface area contributed by atoms with Crippen LogP contribution in [0.4, 0.5) is 0 Å². The molecule has 1 aromatic rings. The zero-order valence-corrected chi connectivity index (χ0v) is 20.2. The predicted octanol–water partition coefficient (Wildman–Crippen LogP) is 3.85. The number of esters is 1. The van der Waals surface area contributed by atoms with Crippen LogP contribution < -0.4 is 9.47 Å². The van der Waals surface area contributed by atoms with E-state index in [-0.39, 0.29) is 18.9 Å². The van der Waals surface area contributed by atoms with Crippen LogP contribution in [0.1, 0.15) is 44.7 Å². The van der Waals surface area contributed by atoms with Crippen LogP contribution >= 0.6 is 11.8 Å². The number of likely N-dealkylation sites (tertiary alicyclic amines) is 1. The van der Waals surface area contributed by atoms with Gasteiger partial charge in [0.25, 0.3) is 0 Å². The van der Waals surface area contributed by atoms with Crippen molar-refractivity contribution in [2.24, 2.45) is 4.99 Å². The summed E-state index contributed by atoms with van der Waals surface area (Å²) in [7, 11) is 3.15. The van der Waals surface area contributed by atoms with E-state index in [1.807, 2.05) is 40.3 Å². The molecule has 3 aliphatic rings. The van der Waals surface area contributed by atoms with Gasteiger partial charge in [0.2, 0.25) is 5.91 Å². The molecule has 0 saturated carbocycles. The van der Waals surface area contributed by atoms with Crippen molar-refractivity contribution in [3.8, 4) is 11.5 Å². The molecule has 4 rings (SSSR count). The quantitative estimate of drug-likeness (QED) is 0.559. The number of fused-ring (bicyclic) bond motifs is 1. The average Bonchev–Trinajstić information content (AvgIpc) is 3.48. The summed E-state index contributed by atoms with van der Waals surface area (Å²) in [5.74, 6) is 0.740. The largest absolute Gasteiger partial charge is 0.493 e. The molecule has 8 nitrogen and oxygen atoms in total. The minimum absolute atomic E-state index is 0.0842. The van der Waals surface area contributed by atoms with Gasteiger partial charge in [-0.1, -0.05) is 23.9 Å². The first kappa shape index (κ1) is 23.2. The Kier molecular flexibility index (Phi) is 6.97. The molecule has 0 N–H and O–H groups in total. The third-order valence-corrected chi connectivity index (χ3v) is 6.90. The van der Waals surface area contributed by atoms with Gasteiger partial charge in [-0.15, -0.1) is 0 Å². The van der Waals surface area contributed by atoms with Crippen LogP contribution in [0, 0.1) is 0 Å². The van der Waals surface area contributed by atoms with Gasteiger partial charge >= 0.3 is 5.97 Å². The van der Waals surface area contributed by atoms with Gasteiger partial charge in [-0.25, -0.2) is 9.79 Å². The lowest BCUT2D eigenvalue weighted by molar-refractivity contribution is -0.139.